The minimum absolute atomic E-state index is 0.0110. The summed E-state index contributed by atoms with van der Waals surface area (Å²) in [6.07, 6.45) is 0.832. The molecule has 2 heterocycles. The van der Waals surface area contributed by atoms with Gasteiger partial charge < -0.3 is 20.4 Å². The Balaban J connectivity index is 0.00000103. The number of nitrogens with zero attached hydrogens (tertiary/aromatic N) is 2. The number of methoxy groups -OCH3 is 1. The van der Waals surface area contributed by atoms with Crippen molar-refractivity contribution >= 4 is 46.0 Å². The van der Waals surface area contributed by atoms with Gasteiger partial charge >= 0.3 is 0 Å². The number of aromatic nitrogens is 3. The van der Waals surface area contributed by atoms with Gasteiger partial charge in [-0.15, -0.1) is 11.8 Å². The molecule has 10 heteroatoms. The molecule has 7 nitrogen and oxygen atoms in total. The van der Waals surface area contributed by atoms with Crippen molar-refractivity contribution in [3.63, 3.8) is 0 Å². The molecule has 2 aromatic heterocycles. The normalized spacial score (nSPS) is 13.4. The molecule has 0 radical (unpaired) electrons. The Morgan fingerprint density at radius 2 is 1.83 bits per heavy atom. The van der Waals surface area contributed by atoms with Crippen LogP contribution in [0, 0.1) is 5.92 Å². The van der Waals surface area contributed by atoms with Crippen molar-refractivity contribution in [2.24, 2.45) is 5.92 Å². The fourth-order valence-corrected chi connectivity index (χ4v) is 3.78. The first kappa shape index (κ1) is 28.5. The molecule has 3 N–H and O–H groups in total. The monoisotopic (exact) mass is 507 g/mol. The molecule has 0 bridgehead atoms. The molecular weight excluding hydrogens is 472 g/mol. The van der Waals surface area contributed by atoms with Crippen LogP contribution in [0.15, 0.2) is 29.2 Å². The first-order valence-corrected chi connectivity index (χ1v) is 13.1. The second kappa shape index (κ2) is 13.4. The van der Waals surface area contributed by atoms with Crippen molar-refractivity contribution in [1.82, 2.24) is 15.0 Å². The number of nitrogens with one attached hydrogen (secondary N) is 3. The zero-order chi connectivity index (χ0) is 26.1. The van der Waals surface area contributed by atoms with Crippen LogP contribution in [0.5, 0.6) is 0 Å². The van der Waals surface area contributed by atoms with E-state index in [-0.39, 0.29) is 29.4 Å². The van der Waals surface area contributed by atoms with E-state index in [1.165, 1.54) is 0 Å². The summed E-state index contributed by atoms with van der Waals surface area (Å²) in [5.41, 5.74) is 2.78. The van der Waals surface area contributed by atoms with E-state index in [4.69, 9.17) is 4.74 Å². The van der Waals surface area contributed by atoms with Gasteiger partial charge in [-0.05, 0) is 43.7 Å². The molecule has 1 saturated carbocycles. The predicted molar refractivity (Wildman–Crippen MR) is 140 cm³/mol. The highest BCUT2D eigenvalue weighted by Crippen LogP contribution is 2.35. The van der Waals surface area contributed by atoms with Gasteiger partial charge in [0.2, 0.25) is 5.91 Å². The lowest BCUT2D eigenvalue weighted by molar-refractivity contribution is -0.117. The molecular formula is C25H35F2N5O2S. The molecule has 1 aliphatic carbocycles. The Kier molecular flexibility index (Phi) is 10.9. The average Bonchev–Trinajstić information content (AvgIpc) is 3.65. The minimum Gasteiger partial charge on any atom is -0.377 e. The van der Waals surface area contributed by atoms with Crippen molar-refractivity contribution in [2.45, 2.75) is 64.9 Å². The van der Waals surface area contributed by atoms with E-state index >= 15 is 0 Å². The molecule has 1 amide bonds. The molecule has 1 unspecified atom stereocenters. The standard InChI is InChI=1S/C21H23F2N5O2S.2C2H6/c1-10(30-2)12-6-7-13(15(8-12)31-3)24-14-9-16(26-21(29)11-4-5-11)25-19-17(14)27-20(28-19)18(22)23;2*1-2/h6-11,18H,4-5H2,1-3H3,(H3,24,25,26,27,28,29);2*1-2H3. The average molecular weight is 508 g/mol. The minimum atomic E-state index is -2.76. The number of amides is 1. The van der Waals surface area contributed by atoms with Gasteiger partial charge in [-0.2, -0.15) is 0 Å². The first-order chi connectivity index (χ1) is 16.9. The summed E-state index contributed by atoms with van der Waals surface area (Å²) in [5, 5.41) is 6.06. The second-order valence-electron chi connectivity index (χ2n) is 7.40. The van der Waals surface area contributed by atoms with Gasteiger partial charge in [-0.25, -0.2) is 18.7 Å². The molecule has 1 aromatic carbocycles. The molecule has 0 saturated heterocycles. The number of thioether (sulfide) groups is 1. The van der Waals surface area contributed by atoms with E-state index in [1.54, 1.807) is 24.9 Å². The lowest BCUT2D eigenvalue weighted by atomic mass is 10.1. The summed E-state index contributed by atoms with van der Waals surface area (Å²) in [5.74, 6) is -0.326. The van der Waals surface area contributed by atoms with Crippen LogP contribution >= 0.6 is 11.8 Å². The van der Waals surface area contributed by atoms with Crippen molar-refractivity contribution in [2.75, 3.05) is 24.0 Å². The van der Waals surface area contributed by atoms with Crippen LogP contribution in [0.3, 0.4) is 0 Å². The number of carbonyl (C=O) groups is 1. The number of hydrogen-bond acceptors (Lipinski definition) is 6. The number of hydrogen-bond donors (Lipinski definition) is 3. The molecule has 192 valence electrons. The highest BCUT2D eigenvalue weighted by Gasteiger charge is 2.30. The number of ether oxygens (including phenoxy) is 1. The number of H-pyrrole nitrogens is 1. The largest absolute Gasteiger partial charge is 0.377 e. The fourth-order valence-electron chi connectivity index (χ4n) is 3.19. The SMILES string of the molecule is CC.CC.COC(C)c1ccc(Nc2cc(NC(=O)C3CC3)nc3nc(C(F)F)[nH]c23)c(SC)c1. The maximum absolute atomic E-state index is 13.2. The van der Waals surface area contributed by atoms with Gasteiger partial charge in [0.1, 0.15) is 11.3 Å². The maximum atomic E-state index is 13.2. The highest BCUT2D eigenvalue weighted by molar-refractivity contribution is 7.98. The van der Waals surface area contributed by atoms with Gasteiger partial charge in [-0.1, -0.05) is 33.8 Å². The van der Waals surface area contributed by atoms with Crippen LogP contribution in [0.25, 0.3) is 11.2 Å². The van der Waals surface area contributed by atoms with Crippen molar-refractivity contribution in [3.8, 4) is 0 Å². The van der Waals surface area contributed by atoms with Crippen molar-refractivity contribution in [1.29, 1.82) is 0 Å². The predicted octanol–water partition coefficient (Wildman–Crippen LogP) is 7.47. The van der Waals surface area contributed by atoms with Gasteiger partial charge in [-0.3, -0.25) is 4.79 Å². The Hall–Kier alpha value is -2.72. The molecule has 0 aliphatic heterocycles. The third-order valence-electron chi connectivity index (χ3n) is 5.20. The highest BCUT2D eigenvalue weighted by atomic mass is 32.2. The number of pyridine rings is 1. The van der Waals surface area contributed by atoms with E-state index in [2.05, 4.69) is 25.6 Å². The summed E-state index contributed by atoms with van der Waals surface area (Å²) in [7, 11) is 1.65. The third kappa shape index (κ3) is 7.14. The topological polar surface area (TPSA) is 91.9 Å². The van der Waals surface area contributed by atoms with Crippen molar-refractivity contribution in [3.05, 3.63) is 35.7 Å². The molecule has 1 fully saturated rings. The van der Waals surface area contributed by atoms with E-state index in [1.807, 2.05) is 59.1 Å². The number of imidazole rings is 1. The number of aromatic amines is 1. The summed E-state index contributed by atoms with van der Waals surface area (Å²) in [6.45, 7) is 9.96. The van der Waals surface area contributed by atoms with Crippen molar-refractivity contribution < 1.29 is 18.3 Å². The number of alkyl halides is 2. The summed E-state index contributed by atoms with van der Waals surface area (Å²) >= 11 is 1.55. The van der Waals surface area contributed by atoms with Crippen LogP contribution in [0.1, 0.15) is 71.4 Å². The van der Waals surface area contributed by atoms with Gasteiger partial charge in [0.15, 0.2) is 11.5 Å². The number of carbonyl (C=O) groups excluding carboxylic acids is 1. The summed E-state index contributed by atoms with van der Waals surface area (Å²) < 4.78 is 31.9. The van der Waals surface area contributed by atoms with Crippen LogP contribution in [0.2, 0.25) is 0 Å². The van der Waals surface area contributed by atoms with Crippen LogP contribution in [0.4, 0.5) is 26.0 Å². The smallest absolute Gasteiger partial charge is 0.295 e. The van der Waals surface area contributed by atoms with Gasteiger partial charge in [0.25, 0.3) is 6.43 Å². The Morgan fingerprint density at radius 3 is 2.40 bits per heavy atom. The van der Waals surface area contributed by atoms with Gasteiger partial charge in [0.05, 0.1) is 17.5 Å². The Morgan fingerprint density at radius 1 is 1.14 bits per heavy atom. The molecule has 1 atom stereocenters. The number of rotatable bonds is 8. The number of fused-ring (bicyclic) bond motifs is 1. The molecule has 35 heavy (non-hydrogen) atoms. The van der Waals surface area contributed by atoms with E-state index in [0.29, 0.717) is 11.2 Å². The maximum Gasteiger partial charge on any atom is 0.295 e. The van der Waals surface area contributed by atoms with Crippen LogP contribution in [-0.4, -0.2) is 34.2 Å². The molecule has 4 rings (SSSR count). The number of halogens is 2. The third-order valence-corrected chi connectivity index (χ3v) is 5.98. The van der Waals surface area contributed by atoms with E-state index in [9.17, 15) is 13.6 Å². The van der Waals surface area contributed by atoms with Gasteiger partial charge in [0, 0.05) is 24.0 Å². The molecule has 0 spiro atoms. The quantitative estimate of drug-likeness (QED) is 0.274. The van der Waals surface area contributed by atoms with Crippen LogP contribution < -0.4 is 10.6 Å². The lowest BCUT2D eigenvalue weighted by Gasteiger charge is -2.16. The van der Waals surface area contributed by atoms with E-state index in [0.717, 1.165) is 29.0 Å². The van der Waals surface area contributed by atoms with E-state index < -0.39 is 12.2 Å². The Bertz CT molecular complexity index is 1120. The second-order valence-corrected chi connectivity index (χ2v) is 8.25. The number of anilines is 3. The fraction of sp³-hybridized carbons (Fsp3) is 0.480. The molecule has 3 aromatic rings. The zero-order valence-electron chi connectivity index (χ0n) is 21.3. The lowest BCUT2D eigenvalue weighted by Crippen LogP contribution is -2.14. The molecule has 1 aliphatic rings. The Labute approximate surface area is 209 Å². The number of benzene rings is 1. The summed E-state index contributed by atoms with van der Waals surface area (Å²) in [6, 6.07) is 7.51. The summed E-state index contributed by atoms with van der Waals surface area (Å²) in [4.78, 5) is 24.0. The van der Waals surface area contributed by atoms with Crippen LogP contribution in [-0.2, 0) is 9.53 Å². The zero-order valence-corrected chi connectivity index (χ0v) is 22.1. The first-order valence-electron chi connectivity index (χ1n) is 11.9.